The summed E-state index contributed by atoms with van der Waals surface area (Å²) in [6.07, 6.45) is 6.31. The molecule has 0 saturated carbocycles. The lowest BCUT2D eigenvalue weighted by atomic mass is 10.1. The number of rotatable bonds is 1. The van der Waals surface area contributed by atoms with E-state index in [1.165, 1.54) is 18.4 Å². The second-order valence-electron chi connectivity index (χ2n) is 2.94. The van der Waals surface area contributed by atoms with Crippen molar-refractivity contribution in [2.45, 2.75) is 18.9 Å². The van der Waals surface area contributed by atoms with Gasteiger partial charge in [0.2, 0.25) is 0 Å². The molecule has 1 aromatic rings. The Kier molecular flexibility index (Phi) is 1.86. The van der Waals surface area contributed by atoms with Gasteiger partial charge >= 0.3 is 0 Å². The SMILES string of the molecule is c1cncc(C2CCC[15NH]2)c1. The molecule has 0 aliphatic carbocycles. The summed E-state index contributed by atoms with van der Waals surface area (Å²) in [4.78, 5) is 4.09. The van der Waals surface area contributed by atoms with Crippen LogP contribution in [-0.4, -0.2) is 11.5 Å². The molecule has 11 heavy (non-hydrogen) atoms. The summed E-state index contributed by atoms with van der Waals surface area (Å²) in [7, 11) is 0. The fourth-order valence-electron chi connectivity index (χ4n) is 1.55. The third-order valence-electron chi connectivity index (χ3n) is 2.15. The van der Waals surface area contributed by atoms with Crippen molar-refractivity contribution in [3.05, 3.63) is 30.1 Å². The lowest BCUT2D eigenvalue weighted by Crippen LogP contribution is -2.12. The minimum atomic E-state index is 0.559. The number of aromatic nitrogens is 1. The molecular formula is C9H12N2. The van der Waals surface area contributed by atoms with Gasteiger partial charge in [-0.1, -0.05) is 6.07 Å². The van der Waals surface area contributed by atoms with Gasteiger partial charge in [0, 0.05) is 18.4 Å². The van der Waals surface area contributed by atoms with Crippen molar-refractivity contribution in [2.75, 3.05) is 6.54 Å². The first-order valence-electron chi connectivity index (χ1n) is 4.10. The molecular weight excluding hydrogens is 137 g/mol. The minimum absolute atomic E-state index is 0.559. The first-order chi connectivity index (χ1) is 5.47. The lowest BCUT2D eigenvalue weighted by Gasteiger charge is -2.08. The molecule has 0 bridgehead atoms. The van der Waals surface area contributed by atoms with Crippen molar-refractivity contribution < 1.29 is 0 Å². The Bertz CT molecular complexity index is 214. The summed E-state index contributed by atoms with van der Waals surface area (Å²) in [5.74, 6) is 0. The average Bonchev–Trinajstić information content (AvgIpc) is 2.58. The molecule has 0 radical (unpaired) electrons. The molecule has 1 aliphatic rings. The Morgan fingerprint density at radius 3 is 3.18 bits per heavy atom. The summed E-state index contributed by atoms with van der Waals surface area (Å²) in [6.45, 7) is 1.15. The Labute approximate surface area is 66.7 Å². The van der Waals surface area contributed by atoms with E-state index in [1.54, 1.807) is 0 Å². The zero-order valence-corrected chi connectivity index (χ0v) is 6.46. The molecule has 2 nitrogen and oxygen atoms in total. The van der Waals surface area contributed by atoms with Gasteiger partial charge in [-0.2, -0.15) is 0 Å². The van der Waals surface area contributed by atoms with E-state index >= 15 is 0 Å². The maximum Gasteiger partial charge on any atom is 0.0335 e. The molecule has 1 aromatic heterocycles. The summed E-state index contributed by atoms with van der Waals surface area (Å²) in [5.41, 5.74) is 1.32. The normalized spacial score (nSPS) is 23.8. The molecule has 1 aliphatic heterocycles. The maximum atomic E-state index is 4.09. The smallest absolute Gasteiger partial charge is 0.0335 e. The number of pyridine rings is 1. The van der Waals surface area contributed by atoms with E-state index in [0.29, 0.717) is 6.04 Å². The van der Waals surface area contributed by atoms with Gasteiger partial charge in [-0.25, -0.2) is 0 Å². The van der Waals surface area contributed by atoms with Crippen LogP contribution in [0.25, 0.3) is 0 Å². The lowest BCUT2D eigenvalue weighted by molar-refractivity contribution is 0.645. The van der Waals surface area contributed by atoms with Crippen LogP contribution in [0.4, 0.5) is 0 Å². The van der Waals surface area contributed by atoms with E-state index in [0.717, 1.165) is 6.54 Å². The van der Waals surface area contributed by atoms with E-state index in [2.05, 4.69) is 16.4 Å². The molecule has 1 atom stereocenters. The first kappa shape index (κ1) is 6.80. The molecule has 2 rings (SSSR count). The van der Waals surface area contributed by atoms with E-state index < -0.39 is 0 Å². The van der Waals surface area contributed by atoms with Crippen LogP contribution in [-0.2, 0) is 0 Å². The Hall–Kier alpha value is -0.890. The van der Waals surface area contributed by atoms with Crippen LogP contribution in [0.3, 0.4) is 0 Å². The molecule has 1 saturated heterocycles. The van der Waals surface area contributed by atoms with Crippen molar-refractivity contribution in [3.63, 3.8) is 0 Å². The number of nitrogens with zero attached hydrogens (tertiary/aromatic N) is 1. The van der Waals surface area contributed by atoms with E-state index in [4.69, 9.17) is 0 Å². The number of hydrogen-bond acceptors (Lipinski definition) is 2. The standard InChI is InChI=1S/C9H12N2/c1-3-8(7-10-5-1)9-4-2-6-11-9/h1,3,5,7,9,11H,2,4,6H2/i11+1. The molecule has 0 amide bonds. The summed E-state index contributed by atoms with van der Waals surface area (Å²) >= 11 is 0. The van der Waals surface area contributed by atoms with Crippen molar-refractivity contribution in [2.24, 2.45) is 0 Å². The highest BCUT2D eigenvalue weighted by Crippen LogP contribution is 2.21. The zero-order valence-electron chi connectivity index (χ0n) is 6.46. The fraction of sp³-hybridized carbons (Fsp3) is 0.444. The van der Waals surface area contributed by atoms with Crippen molar-refractivity contribution in [1.29, 1.82) is 0 Å². The largest absolute Gasteiger partial charge is 0.310 e. The molecule has 0 aromatic carbocycles. The summed E-state index contributed by atoms with van der Waals surface area (Å²) in [5, 5.41) is 3.43. The third kappa shape index (κ3) is 1.40. The highest BCUT2D eigenvalue weighted by atomic mass is 15.6. The zero-order chi connectivity index (χ0) is 7.52. The van der Waals surface area contributed by atoms with Gasteiger partial charge in [0.25, 0.3) is 0 Å². The van der Waals surface area contributed by atoms with Crippen LogP contribution in [0.15, 0.2) is 24.5 Å². The van der Waals surface area contributed by atoms with Gasteiger partial charge in [0.05, 0.1) is 0 Å². The van der Waals surface area contributed by atoms with Gasteiger partial charge < -0.3 is 5.32 Å². The van der Waals surface area contributed by atoms with Crippen LogP contribution in [0.2, 0.25) is 0 Å². The quantitative estimate of drug-likeness (QED) is 0.612. The van der Waals surface area contributed by atoms with Crippen molar-refractivity contribution in [3.8, 4) is 0 Å². The molecule has 0 spiro atoms. The highest BCUT2D eigenvalue weighted by molar-refractivity contribution is 5.14. The second kappa shape index (κ2) is 3.01. The highest BCUT2D eigenvalue weighted by Gasteiger charge is 2.15. The van der Waals surface area contributed by atoms with Gasteiger partial charge in [-0.05, 0) is 31.0 Å². The summed E-state index contributed by atoms with van der Waals surface area (Å²) < 4.78 is 0. The van der Waals surface area contributed by atoms with Crippen molar-refractivity contribution >= 4 is 0 Å². The van der Waals surface area contributed by atoms with Gasteiger partial charge in [0.1, 0.15) is 0 Å². The Morgan fingerprint density at radius 2 is 2.55 bits per heavy atom. The minimum Gasteiger partial charge on any atom is -0.310 e. The maximum absolute atomic E-state index is 4.09. The second-order valence-corrected chi connectivity index (χ2v) is 2.94. The fourth-order valence-corrected chi connectivity index (χ4v) is 1.55. The molecule has 1 fully saturated rings. The predicted molar refractivity (Wildman–Crippen MR) is 44.2 cm³/mol. The van der Waals surface area contributed by atoms with E-state index in [-0.39, 0.29) is 0 Å². The van der Waals surface area contributed by atoms with Gasteiger partial charge in [0.15, 0.2) is 0 Å². The molecule has 2 heterocycles. The molecule has 58 valence electrons. The number of hydrogen-bond donors (Lipinski definition) is 1. The first-order valence-corrected chi connectivity index (χ1v) is 4.10. The Morgan fingerprint density at radius 1 is 1.55 bits per heavy atom. The average molecular weight is 149 g/mol. The van der Waals surface area contributed by atoms with Crippen LogP contribution < -0.4 is 5.32 Å². The van der Waals surface area contributed by atoms with E-state index in [9.17, 15) is 0 Å². The van der Waals surface area contributed by atoms with Crippen LogP contribution in [0.1, 0.15) is 24.4 Å². The third-order valence-corrected chi connectivity index (χ3v) is 2.15. The van der Waals surface area contributed by atoms with Gasteiger partial charge in [-0.15, -0.1) is 0 Å². The predicted octanol–water partition coefficient (Wildman–Crippen LogP) is 1.51. The summed E-state index contributed by atoms with van der Waals surface area (Å²) in [6, 6.07) is 4.69. The van der Waals surface area contributed by atoms with E-state index in [1.807, 2.05) is 18.5 Å². The number of nitrogens with one attached hydrogen (secondary N) is 1. The Balaban J connectivity index is 2.16. The van der Waals surface area contributed by atoms with Crippen molar-refractivity contribution in [1.82, 2.24) is 10.3 Å². The molecule has 2 heteroatoms. The van der Waals surface area contributed by atoms with Crippen LogP contribution >= 0.6 is 0 Å². The van der Waals surface area contributed by atoms with Crippen LogP contribution in [0.5, 0.6) is 0 Å². The molecule has 1 N–H and O–H groups in total. The topological polar surface area (TPSA) is 24.9 Å². The molecule has 1 unspecified atom stereocenters. The monoisotopic (exact) mass is 149 g/mol. The van der Waals surface area contributed by atoms with Crippen LogP contribution in [0, 0.1) is 0 Å². The van der Waals surface area contributed by atoms with Gasteiger partial charge in [-0.3, -0.25) is 4.98 Å².